The van der Waals surface area contributed by atoms with Crippen molar-refractivity contribution in [3.05, 3.63) is 87.9 Å². The minimum Gasteiger partial charge on any atom is -0.463 e. The Balaban J connectivity index is 1.72. The van der Waals surface area contributed by atoms with Gasteiger partial charge >= 0.3 is 0 Å². The molecule has 3 unspecified atom stereocenters. The highest BCUT2D eigenvalue weighted by Gasteiger charge is 2.53. The fourth-order valence-electron chi connectivity index (χ4n) is 4.23. The zero-order valence-electron chi connectivity index (χ0n) is 16.7. The van der Waals surface area contributed by atoms with Crippen molar-refractivity contribution in [1.29, 1.82) is 0 Å². The van der Waals surface area contributed by atoms with Gasteiger partial charge in [0.2, 0.25) is 0 Å². The Kier molecular flexibility index (Phi) is 6.53. The van der Waals surface area contributed by atoms with Gasteiger partial charge in [-0.15, -0.1) is 0 Å². The zero-order valence-corrected chi connectivity index (χ0v) is 18.3. The largest absolute Gasteiger partial charge is 0.463 e. The normalized spacial score (nSPS) is 22.3. The molecule has 31 heavy (non-hydrogen) atoms. The minimum atomic E-state index is -0.835. The predicted octanol–water partition coefficient (Wildman–Crippen LogP) is 3.82. The van der Waals surface area contributed by atoms with Crippen molar-refractivity contribution in [3.63, 3.8) is 0 Å². The lowest BCUT2D eigenvalue weighted by Crippen LogP contribution is -2.48. The lowest BCUT2D eigenvalue weighted by Gasteiger charge is -2.37. The average molecular weight is 484 g/mol. The maximum absolute atomic E-state index is 11.0. The van der Waals surface area contributed by atoms with Crippen molar-refractivity contribution >= 4 is 34.6 Å². The van der Waals surface area contributed by atoms with Crippen LogP contribution in [0.3, 0.4) is 0 Å². The van der Waals surface area contributed by atoms with Crippen molar-refractivity contribution in [3.8, 4) is 0 Å². The summed E-state index contributed by atoms with van der Waals surface area (Å²) < 4.78 is 17.6. The molecular weight excluding hydrogens is 462 g/mol. The van der Waals surface area contributed by atoms with Crippen LogP contribution in [0.1, 0.15) is 5.56 Å². The Morgan fingerprint density at radius 1 is 1.03 bits per heavy atom. The third kappa shape index (κ3) is 4.43. The molecule has 2 aliphatic heterocycles. The van der Waals surface area contributed by atoms with Crippen molar-refractivity contribution in [2.45, 2.75) is 24.2 Å². The number of para-hydroxylation sites is 1. The van der Waals surface area contributed by atoms with Gasteiger partial charge in [0, 0.05) is 21.3 Å². The first-order valence-corrected chi connectivity index (χ1v) is 10.7. The number of hydrogen-bond acceptors (Lipinski definition) is 6. The summed E-state index contributed by atoms with van der Waals surface area (Å²) in [5.74, 6) is 0. The van der Waals surface area contributed by atoms with E-state index < -0.39 is 5.60 Å². The summed E-state index contributed by atoms with van der Waals surface area (Å²) in [7, 11) is 0. The quantitative estimate of drug-likeness (QED) is 0.386. The van der Waals surface area contributed by atoms with Crippen LogP contribution in [0.15, 0.2) is 82.4 Å². The first-order chi connectivity index (χ1) is 15.2. The molecule has 2 aromatic rings. The average Bonchev–Trinajstić information content (AvgIpc) is 3.36. The molecule has 2 heterocycles. The molecule has 0 saturated heterocycles. The van der Waals surface area contributed by atoms with Gasteiger partial charge in [0.25, 0.3) is 12.9 Å². The maximum atomic E-state index is 11.0. The highest BCUT2D eigenvalue weighted by Crippen LogP contribution is 2.47. The summed E-state index contributed by atoms with van der Waals surface area (Å²) in [5.41, 5.74) is 2.86. The Morgan fingerprint density at radius 2 is 1.74 bits per heavy atom. The van der Waals surface area contributed by atoms with Crippen LogP contribution in [0.5, 0.6) is 0 Å². The van der Waals surface area contributed by atoms with E-state index in [2.05, 4.69) is 33.4 Å². The van der Waals surface area contributed by atoms with Gasteiger partial charge in [-0.25, -0.2) is 0 Å². The van der Waals surface area contributed by atoms with Crippen LogP contribution >= 0.6 is 15.9 Å². The molecule has 2 bridgehead atoms. The summed E-state index contributed by atoms with van der Waals surface area (Å²) in [6.07, 6.45) is 4.32. The van der Waals surface area contributed by atoms with Crippen LogP contribution in [0, 0.1) is 0 Å². The first-order valence-electron chi connectivity index (χ1n) is 9.92. The molecule has 160 valence electrons. The van der Waals surface area contributed by atoms with E-state index in [0.29, 0.717) is 19.4 Å². The number of fused-ring (bicyclic) bond motifs is 2. The van der Waals surface area contributed by atoms with Gasteiger partial charge in [0.15, 0.2) is 0 Å². The maximum Gasteiger partial charge on any atom is 0.293 e. The summed E-state index contributed by atoms with van der Waals surface area (Å²) in [6.45, 7) is 0.988. The second-order valence-corrected chi connectivity index (χ2v) is 8.32. The number of ether oxygens (including phenoxy) is 3. The lowest BCUT2D eigenvalue weighted by atomic mass is 9.79. The number of benzene rings is 2. The van der Waals surface area contributed by atoms with Crippen LogP contribution in [-0.2, 0) is 30.2 Å². The van der Waals surface area contributed by atoms with E-state index in [1.54, 1.807) is 0 Å². The van der Waals surface area contributed by atoms with Gasteiger partial charge in [-0.1, -0.05) is 52.3 Å². The molecule has 7 heteroatoms. The van der Waals surface area contributed by atoms with Gasteiger partial charge in [-0.3, -0.25) is 9.59 Å². The van der Waals surface area contributed by atoms with E-state index in [1.807, 2.05) is 54.6 Å². The molecule has 0 aliphatic carbocycles. The van der Waals surface area contributed by atoms with Crippen LogP contribution in [0.4, 0.5) is 5.69 Å². The molecule has 2 aromatic carbocycles. The van der Waals surface area contributed by atoms with E-state index in [0.717, 1.165) is 26.9 Å². The van der Waals surface area contributed by atoms with Crippen LogP contribution in [0.25, 0.3) is 0 Å². The van der Waals surface area contributed by atoms with E-state index >= 15 is 0 Å². The van der Waals surface area contributed by atoms with Crippen molar-refractivity contribution in [2.24, 2.45) is 0 Å². The van der Waals surface area contributed by atoms with E-state index in [1.165, 1.54) is 0 Å². The van der Waals surface area contributed by atoms with Crippen LogP contribution in [0.2, 0.25) is 0 Å². The molecule has 4 rings (SSSR count). The van der Waals surface area contributed by atoms with Crippen molar-refractivity contribution in [1.82, 2.24) is 0 Å². The van der Waals surface area contributed by atoms with Gasteiger partial charge in [-0.05, 0) is 42.3 Å². The molecule has 0 radical (unpaired) electrons. The van der Waals surface area contributed by atoms with Gasteiger partial charge in [-0.2, -0.15) is 0 Å². The highest BCUT2D eigenvalue weighted by atomic mass is 79.9. The zero-order chi connectivity index (χ0) is 21.7. The predicted molar refractivity (Wildman–Crippen MR) is 120 cm³/mol. The molecule has 0 spiro atoms. The number of halogens is 1. The summed E-state index contributed by atoms with van der Waals surface area (Å²) in [6, 6.07) is 17.8. The molecule has 2 aliphatic rings. The van der Waals surface area contributed by atoms with Crippen LogP contribution in [-0.4, -0.2) is 43.9 Å². The van der Waals surface area contributed by atoms with Gasteiger partial charge < -0.3 is 19.5 Å². The van der Waals surface area contributed by atoms with Crippen LogP contribution < -0.4 is 5.32 Å². The topological polar surface area (TPSA) is 73.9 Å². The molecule has 1 N–H and O–H groups in total. The summed E-state index contributed by atoms with van der Waals surface area (Å²) in [5, 5.41) is 3.61. The Hall–Kier alpha value is -2.90. The highest BCUT2D eigenvalue weighted by molar-refractivity contribution is 9.10. The molecule has 0 saturated carbocycles. The smallest absolute Gasteiger partial charge is 0.293 e. The SMILES string of the molecule is O=COCC1=C(COC=O)C2(C(Cc3ccc(Br)cc3)Nc3ccccc3)C=CC1O2. The monoisotopic (exact) mass is 483 g/mol. The standard InChI is InChI=1S/C24H22BrNO5/c25-18-8-6-17(7-9-18)12-23(26-19-4-2-1-3-5-19)24-11-10-22(31-24)20(13-29-15-27)21(24)14-30-16-28/h1-11,15-16,22-23,26H,12-14H2. The number of hydrogen-bond donors (Lipinski definition) is 1. The molecule has 6 nitrogen and oxygen atoms in total. The number of anilines is 1. The van der Waals surface area contributed by atoms with Gasteiger partial charge in [0.05, 0.1) is 6.04 Å². The molecule has 0 aromatic heterocycles. The number of nitrogens with one attached hydrogen (secondary N) is 1. The fourth-order valence-corrected chi connectivity index (χ4v) is 4.49. The van der Waals surface area contributed by atoms with Crippen molar-refractivity contribution in [2.75, 3.05) is 18.5 Å². The lowest BCUT2D eigenvalue weighted by molar-refractivity contribution is -0.129. The Morgan fingerprint density at radius 3 is 2.45 bits per heavy atom. The number of rotatable bonds is 11. The molecule has 0 amide bonds. The molecule has 0 fully saturated rings. The number of carbonyl (C=O) groups is 2. The third-order valence-electron chi connectivity index (χ3n) is 5.63. The molecule has 3 atom stereocenters. The van der Waals surface area contributed by atoms with E-state index in [-0.39, 0.29) is 25.4 Å². The van der Waals surface area contributed by atoms with E-state index in [9.17, 15) is 9.59 Å². The second kappa shape index (κ2) is 9.49. The Bertz CT molecular complexity index is 989. The van der Waals surface area contributed by atoms with E-state index in [4.69, 9.17) is 14.2 Å². The fraction of sp³-hybridized carbons (Fsp3) is 0.250. The minimum absolute atomic E-state index is 0.0647. The second-order valence-electron chi connectivity index (χ2n) is 7.40. The Labute approximate surface area is 189 Å². The number of carbonyl (C=O) groups excluding carboxylic acids is 2. The van der Waals surface area contributed by atoms with Crippen molar-refractivity contribution < 1.29 is 23.8 Å². The first kappa shape index (κ1) is 21.3. The van der Waals surface area contributed by atoms with Gasteiger partial charge in [0.1, 0.15) is 24.9 Å². The summed E-state index contributed by atoms with van der Waals surface area (Å²) in [4.78, 5) is 21.8. The molecular formula is C24H22BrNO5. The summed E-state index contributed by atoms with van der Waals surface area (Å²) >= 11 is 3.48. The third-order valence-corrected chi connectivity index (χ3v) is 6.16.